The molecule has 0 spiro atoms. The van der Waals surface area contributed by atoms with Crippen molar-refractivity contribution in [3.8, 4) is 17.5 Å². The summed E-state index contributed by atoms with van der Waals surface area (Å²) in [6, 6.07) is 12.2. The summed E-state index contributed by atoms with van der Waals surface area (Å²) < 4.78 is 2.03. The lowest BCUT2D eigenvalue weighted by Gasteiger charge is -2.05. The van der Waals surface area contributed by atoms with Crippen molar-refractivity contribution in [3.05, 3.63) is 47.7 Å². The summed E-state index contributed by atoms with van der Waals surface area (Å²) in [6.07, 6.45) is 1.72. The van der Waals surface area contributed by atoms with Crippen LogP contribution in [0.4, 0.5) is 0 Å². The maximum absolute atomic E-state index is 9.48. The largest absolute Gasteiger partial charge is 0.327 e. The second kappa shape index (κ2) is 4.43. The number of rotatable bonds is 1. The van der Waals surface area contributed by atoms with E-state index in [9.17, 15) is 5.26 Å². The Kier molecular flexibility index (Phi) is 2.54. The fourth-order valence-electron chi connectivity index (χ4n) is 2.86. The van der Waals surface area contributed by atoms with Gasteiger partial charge in [0.05, 0.1) is 34.4 Å². The molecule has 5 heteroatoms. The summed E-state index contributed by atoms with van der Waals surface area (Å²) in [4.78, 5) is 4.76. The van der Waals surface area contributed by atoms with E-state index in [2.05, 4.69) is 16.3 Å². The van der Waals surface area contributed by atoms with E-state index in [4.69, 9.17) is 4.98 Å². The molecule has 0 atom stereocenters. The van der Waals surface area contributed by atoms with Crippen molar-refractivity contribution in [3.63, 3.8) is 0 Å². The van der Waals surface area contributed by atoms with Crippen LogP contribution in [0.1, 0.15) is 11.1 Å². The maximum Gasteiger partial charge on any atom is 0.142 e. The third-order valence-corrected chi connectivity index (χ3v) is 4.05. The number of fused-ring (bicyclic) bond motifs is 2. The highest BCUT2D eigenvalue weighted by Crippen LogP contribution is 2.30. The van der Waals surface area contributed by atoms with Crippen molar-refractivity contribution in [2.75, 3.05) is 0 Å². The van der Waals surface area contributed by atoms with Crippen LogP contribution in [-0.4, -0.2) is 19.7 Å². The van der Waals surface area contributed by atoms with E-state index < -0.39 is 0 Å². The number of nitrogens with one attached hydrogen (secondary N) is 1. The van der Waals surface area contributed by atoms with E-state index in [1.807, 2.05) is 48.9 Å². The number of hydrogen-bond donors (Lipinski definition) is 1. The number of nitrogens with zero attached hydrogens (tertiary/aromatic N) is 4. The van der Waals surface area contributed by atoms with Gasteiger partial charge in [-0.1, -0.05) is 12.1 Å². The smallest absolute Gasteiger partial charge is 0.142 e. The number of nitriles is 1. The Morgan fingerprint density at radius 1 is 1.27 bits per heavy atom. The monoisotopic (exact) mass is 287 g/mol. The Morgan fingerprint density at radius 3 is 2.91 bits per heavy atom. The molecule has 1 N–H and O–H groups in total. The molecule has 0 aliphatic carbocycles. The van der Waals surface area contributed by atoms with Crippen LogP contribution in [-0.2, 0) is 7.05 Å². The first kappa shape index (κ1) is 12.6. The quantitative estimate of drug-likeness (QED) is 0.584. The topological polar surface area (TPSA) is 70.3 Å². The molecule has 0 saturated carbocycles. The SMILES string of the molecule is Cc1cccc2c1nc(-c1cc3[nH]ncc3cc1C#N)n2C. The minimum Gasteiger partial charge on any atom is -0.327 e. The number of para-hydroxylation sites is 1. The lowest BCUT2D eigenvalue weighted by atomic mass is 10.1. The molecule has 0 amide bonds. The highest BCUT2D eigenvalue weighted by atomic mass is 15.1. The molecule has 0 aliphatic heterocycles. The van der Waals surface area contributed by atoms with Crippen molar-refractivity contribution < 1.29 is 0 Å². The van der Waals surface area contributed by atoms with Gasteiger partial charge in [-0.05, 0) is 30.7 Å². The molecule has 0 radical (unpaired) electrons. The fourth-order valence-corrected chi connectivity index (χ4v) is 2.86. The molecule has 0 fully saturated rings. The van der Waals surface area contributed by atoms with E-state index in [-0.39, 0.29) is 0 Å². The van der Waals surface area contributed by atoms with Crippen LogP contribution in [0.3, 0.4) is 0 Å². The summed E-state index contributed by atoms with van der Waals surface area (Å²) >= 11 is 0. The van der Waals surface area contributed by atoms with Crippen molar-refractivity contribution in [2.24, 2.45) is 7.05 Å². The molecule has 5 nitrogen and oxygen atoms in total. The molecule has 2 aromatic heterocycles. The first-order valence-electron chi connectivity index (χ1n) is 6.98. The standard InChI is InChI=1S/C17H13N5/c1-10-4-3-5-15-16(10)20-17(22(15)2)13-7-14-12(9-19-21-14)6-11(13)8-18/h3-7,9H,1-2H3,(H,19,21). The van der Waals surface area contributed by atoms with Crippen LogP contribution >= 0.6 is 0 Å². The van der Waals surface area contributed by atoms with Crippen LogP contribution in [0.25, 0.3) is 33.3 Å². The number of aromatic nitrogens is 4. The zero-order chi connectivity index (χ0) is 15.3. The van der Waals surface area contributed by atoms with E-state index >= 15 is 0 Å². The third kappa shape index (κ3) is 1.64. The van der Waals surface area contributed by atoms with Crippen LogP contribution in [0.15, 0.2) is 36.5 Å². The molecule has 4 rings (SSSR count). The second-order valence-electron chi connectivity index (χ2n) is 5.40. The number of H-pyrrole nitrogens is 1. The summed E-state index contributed by atoms with van der Waals surface area (Å²) in [5.41, 5.74) is 5.47. The highest BCUT2D eigenvalue weighted by molar-refractivity contribution is 5.89. The van der Waals surface area contributed by atoms with Crippen molar-refractivity contribution >= 4 is 21.9 Å². The van der Waals surface area contributed by atoms with Gasteiger partial charge in [0.15, 0.2) is 0 Å². The molecule has 4 aromatic rings. The molecular formula is C17H13N5. The molecule has 0 saturated heterocycles. The zero-order valence-corrected chi connectivity index (χ0v) is 12.3. The number of imidazole rings is 1. The zero-order valence-electron chi connectivity index (χ0n) is 12.3. The Labute approximate surface area is 126 Å². The van der Waals surface area contributed by atoms with Gasteiger partial charge in [-0.25, -0.2) is 4.98 Å². The molecular weight excluding hydrogens is 274 g/mol. The van der Waals surface area contributed by atoms with Gasteiger partial charge in [-0.3, -0.25) is 5.10 Å². The van der Waals surface area contributed by atoms with Gasteiger partial charge in [-0.15, -0.1) is 0 Å². The summed E-state index contributed by atoms with van der Waals surface area (Å²) in [6.45, 7) is 2.04. The van der Waals surface area contributed by atoms with Gasteiger partial charge in [0, 0.05) is 18.0 Å². The predicted molar refractivity (Wildman–Crippen MR) is 85.3 cm³/mol. The van der Waals surface area contributed by atoms with E-state index in [1.54, 1.807) is 6.20 Å². The molecule has 0 unspecified atom stereocenters. The number of hydrogen-bond acceptors (Lipinski definition) is 3. The van der Waals surface area contributed by atoms with Gasteiger partial charge in [0.2, 0.25) is 0 Å². The summed E-state index contributed by atoms with van der Waals surface area (Å²) in [5.74, 6) is 0.789. The van der Waals surface area contributed by atoms with Gasteiger partial charge < -0.3 is 4.57 Å². The lowest BCUT2D eigenvalue weighted by molar-refractivity contribution is 0.959. The minimum absolute atomic E-state index is 0.602. The van der Waals surface area contributed by atoms with Crippen LogP contribution < -0.4 is 0 Å². The molecule has 2 heterocycles. The Hall–Kier alpha value is -3.13. The summed E-state index contributed by atoms with van der Waals surface area (Å²) in [5, 5.41) is 17.4. The summed E-state index contributed by atoms with van der Waals surface area (Å²) in [7, 11) is 1.97. The van der Waals surface area contributed by atoms with Crippen LogP contribution in [0, 0.1) is 18.3 Å². The molecule has 0 bridgehead atoms. The van der Waals surface area contributed by atoms with Crippen molar-refractivity contribution in [1.82, 2.24) is 19.7 Å². The number of aryl methyl sites for hydroxylation is 2. The van der Waals surface area contributed by atoms with Crippen LogP contribution in [0.5, 0.6) is 0 Å². The third-order valence-electron chi connectivity index (χ3n) is 4.05. The van der Waals surface area contributed by atoms with E-state index in [0.717, 1.165) is 38.9 Å². The van der Waals surface area contributed by atoms with Crippen LogP contribution in [0.2, 0.25) is 0 Å². The first-order chi connectivity index (χ1) is 10.7. The minimum atomic E-state index is 0.602. The molecule has 22 heavy (non-hydrogen) atoms. The maximum atomic E-state index is 9.48. The fraction of sp³-hybridized carbons (Fsp3) is 0.118. The lowest BCUT2D eigenvalue weighted by Crippen LogP contribution is -1.95. The van der Waals surface area contributed by atoms with E-state index in [0.29, 0.717) is 5.56 Å². The van der Waals surface area contributed by atoms with Gasteiger partial charge in [-0.2, -0.15) is 10.4 Å². The average molecular weight is 287 g/mol. The number of aromatic amines is 1. The molecule has 2 aromatic carbocycles. The van der Waals surface area contributed by atoms with E-state index in [1.165, 1.54) is 0 Å². The van der Waals surface area contributed by atoms with Crippen molar-refractivity contribution in [1.29, 1.82) is 5.26 Å². The Morgan fingerprint density at radius 2 is 2.14 bits per heavy atom. The average Bonchev–Trinajstić information content (AvgIpc) is 3.11. The Bertz CT molecular complexity index is 1060. The number of benzene rings is 2. The highest BCUT2D eigenvalue weighted by Gasteiger charge is 2.16. The first-order valence-corrected chi connectivity index (χ1v) is 6.98. The Balaban J connectivity index is 2.08. The van der Waals surface area contributed by atoms with Gasteiger partial charge in [0.25, 0.3) is 0 Å². The molecule has 106 valence electrons. The predicted octanol–water partition coefficient (Wildman–Crippen LogP) is 3.30. The normalized spacial score (nSPS) is 11.1. The second-order valence-corrected chi connectivity index (χ2v) is 5.40. The van der Waals surface area contributed by atoms with Gasteiger partial charge >= 0.3 is 0 Å². The molecule has 0 aliphatic rings. The van der Waals surface area contributed by atoms with Crippen molar-refractivity contribution in [2.45, 2.75) is 6.92 Å². The van der Waals surface area contributed by atoms with Gasteiger partial charge in [0.1, 0.15) is 5.82 Å².